The molecule has 0 radical (unpaired) electrons. The highest BCUT2D eigenvalue weighted by atomic mass is 28.4. The van der Waals surface area contributed by atoms with Crippen molar-refractivity contribution >= 4 is 16.6 Å². The Hall–Kier alpha value is 0.0938. The van der Waals surface area contributed by atoms with Gasteiger partial charge in [-0.2, -0.15) is 0 Å². The lowest BCUT2D eigenvalue weighted by molar-refractivity contribution is 0.321. The van der Waals surface area contributed by atoms with Crippen LogP contribution in [-0.4, -0.2) is 29.8 Å². The average molecular weight is 317 g/mol. The first-order valence-corrected chi connectivity index (χ1v) is 13.5. The van der Waals surface area contributed by atoms with Crippen molar-refractivity contribution in [2.75, 3.05) is 13.2 Å². The largest absolute Gasteiger partial charge is 0.413 e. The molecular formula is C16H36O2Si2. The maximum absolute atomic E-state index is 6.18. The van der Waals surface area contributed by atoms with Gasteiger partial charge in [-0.1, -0.05) is 53.7 Å². The molecular weight excluding hydrogens is 280 g/mol. The Morgan fingerprint density at radius 3 is 1.55 bits per heavy atom. The maximum atomic E-state index is 6.18. The molecule has 0 rings (SSSR count). The number of hydrogen-bond acceptors (Lipinski definition) is 2. The second-order valence-electron chi connectivity index (χ2n) is 7.10. The van der Waals surface area contributed by atoms with Gasteiger partial charge in [-0.25, -0.2) is 0 Å². The quantitative estimate of drug-likeness (QED) is 0.408. The summed E-state index contributed by atoms with van der Waals surface area (Å²) < 4.78 is 12.3. The van der Waals surface area contributed by atoms with E-state index in [1.807, 2.05) is 0 Å². The van der Waals surface area contributed by atoms with Crippen molar-refractivity contribution in [2.24, 2.45) is 0 Å². The molecule has 0 aliphatic rings. The lowest BCUT2D eigenvalue weighted by Gasteiger charge is -2.35. The van der Waals surface area contributed by atoms with Crippen molar-refractivity contribution in [3.63, 3.8) is 0 Å². The fourth-order valence-corrected chi connectivity index (χ4v) is 5.40. The van der Waals surface area contributed by atoms with E-state index in [9.17, 15) is 0 Å². The van der Waals surface area contributed by atoms with E-state index in [-0.39, 0.29) is 5.04 Å². The summed E-state index contributed by atoms with van der Waals surface area (Å²) in [5.74, 6) is 0. The summed E-state index contributed by atoms with van der Waals surface area (Å²) >= 11 is 0. The SMILES string of the molecule is CC[Si](CC)(CC)OC/C=C/CO[Si](C)(C)C(C)(C)C. The molecule has 0 saturated carbocycles. The predicted octanol–water partition coefficient (Wildman–Crippen LogP) is 5.59. The Balaban J connectivity index is 4.12. The summed E-state index contributed by atoms with van der Waals surface area (Å²) in [4.78, 5) is 0. The summed E-state index contributed by atoms with van der Waals surface area (Å²) in [6.45, 7) is 19.7. The first-order valence-electron chi connectivity index (χ1n) is 8.07. The zero-order chi connectivity index (χ0) is 15.9. The monoisotopic (exact) mass is 316 g/mol. The molecule has 120 valence electrons. The van der Waals surface area contributed by atoms with Gasteiger partial charge in [0.05, 0.1) is 13.2 Å². The molecule has 0 heterocycles. The molecule has 0 aliphatic heterocycles. The predicted molar refractivity (Wildman–Crippen MR) is 95.4 cm³/mol. The van der Waals surface area contributed by atoms with Gasteiger partial charge in [0, 0.05) is 0 Å². The van der Waals surface area contributed by atoms with Gasteiger partial charge in [0.25, 0.3) is 0 Å². The van der Waals surface area contributed by atoms with Gasteiger partial charge < -0.3 is 8.85 Å². The normalized spacial score (nSPS) is 14.2. The second kappa shape index (κ2) is 8.52. The van der Waals surface area contributed by atoms with Crippen LogP contribution < -0.4 is 0 Å². The molecule has 2 nitrogen and oxygen atoms in total. The van der Waals surface area contributed by atoms with Gasteiger partial charge in [-0.05, 0) is 36.3 Å². The van der Waals surface area contributed by atoms with Gasteiger partial charge in [0.1, 0.15) is 0 Å². The van der Waals surface area contributed by atoms with Gasteiger partial charge >= 0.3 is 0 Å². The first-order chi connectivity index (χ1) is 9.14. The highest BCUT2D eigenvalue weighted by molar-refractivity contribution is 6.74. The third-order valence-electron chi connectivity index (χ3n) is 4.93. The lowest BCUT2D eigenvalue weighted by Crippen LogP contribution is -2.40. The van der Waals surface area contributed by atoms with Gasteiger partial charge in [-0.15, -0.1) is 0 Å². The van der Waals surface area contributed by atoms with Crippen molar-refractivity contribution in [2.45, 2.75) is 77.8 Å². The second-order valence-corrected chi connectivity index (χ2v) is 16.7. The van der Waals surface area contributed by atoms with E-state index in [2.05, 4.69) is 66.8 Å². The molecule has 20 heavy (non-hydrogen) atoms. The zero-order valence-corrected chi connectivity index (χ0v) is 17.0. The molecule has 0 aliphatic carbocycles. The smallest absolute Gasteiger partial charge is 0.192 e. The number of hydrogen-bond donors (Lipinski definition) is 0. The molecule has 0 aromatic rings. The van der Waals surface area contributed by atoms with Crippen molar-refractivity contribution in [1.29, 1.82) is 0 Å². The summed E-state index contributed by atoms with van der Waals surface area (Å²) in [5, 5.41) is 0.284. The Morgan fingerprint density at radius 2 is 1.20 bits per heavy atom. The molecule has 0 aromatic heterocycles. The third kappa shape index (κ3) is 6.25. The minimum absolute atomic E-state index is 0.284. The van der Waals surface area contributed by atoms with Crippen LogP contribution in [0.4, 0.5) is 0 Å². The van der Waals surface area contributed by atoms with Crippen LogP contribution in [0.25, 0.3) is 0 Å². The third-order valence-corrected chi connectivity index (χ3v) is 14.1. The highest BCUT2D eigenvalue weighted by Crippen LogP contribution is 2.36. The lowest BCUT2D eigenvalue weighted by atomic mass is 10.2. The molecule has 0 bridgehead atoms. The van der Waals surface area contributed by atoms with E-state index in [1.165, 1.54) is 18.1 Å². The summed E-state index contributed by atoms with van der Waals surface area (Å²) in [7, 11) is -3.03. The molecule has 0 atom stereocenters. The zero-order valence-electron chi connectivity index (χ0n) is 15.0. The van der Waals surface area contributed by atoms with Crippen molar-refractivity contribution in [3.8, 4) is 0 Å². The summed E-state index contributed by atoms with van der Waals surface area (Å²) in [6, 6.07) is 3.65. The highest BCUT2D eigenvalue weighted by Gasteiger charge is 2.36. The maximum Gasteiger partial charge on any atom is 0.192 e. The van der Waals surface area contributed by atoms with Crippen LogP contribution in [0.15, 0.2) is 12.2 Å². The van der Waals surface area contributed by atoms with Gasteiger partial charge in [0.2, 0.25) is 0 Å². The van der Waals surface area contributed by atoms with Gasteiger partial charge in [-0.3, -0.25) is 0 Å². The molecule has 0 fully saturated rings. The van der Waals surface area contributed by atoms with Crippen LogP contribution in [0, 0.1) is 0 Å². The molecule has 0 N–H and O–H groups in total. The van der Waals surface area contributed by atoms with E-state index in [4.69, 9.17) is 8.85 Å². The van der Waals surface area contributed by atoms with E-state index in [1.54, 1.807) is 0 Å². The molecule has 0 spiro atoms. The Bertz CT molecular complexity index is 273. The molecule has 4 heteroatoms. The Labute approximate surface area is 129 Å². The van der Waals surface area contributed by atoms with E-state index in [0.717, 1.165) is 13.2 Å². The van der Waals surface area contributed by atoms with Crippen LogP contribution >= 0.6 is 0 Å². The molecule has 0 saturated heterocycles. The summed E-state index contributed by atoms with van der Waals surface area (Å²) in [5.41, 5.74) is 0. The summed E-state index contributed by atoms with van der Waals surface area (Å²) in [6.07, 6.45) is 4.26. The number of rotatable bonds is 9. The molecule has 0 amide bonds. The van der Waals surface area contributed by atoms with Crippen molar-refractivity contribution < 1.29 is 8.85 Å². The minimum atomic E-state index is -1.61. The van der Waals surface area contributed by atoms with Crippen molar-refractivity contribution in [3.05, 3.63) is 12.2 Å². The fourth-order valence-electron chi connectivity index (χ4n) is 1.89. The van der Waals surface area contributed by atoms with Crippen LogP contribution in [0.5, 0.6) is 0 Å². The Kier molecular flexibility index (Phi) is 8.56. The fraction of sp³-hybridized carbons (Fsp3) is 0.875. The minimum Gasteiger partial charge on any atom is -0.413 e. The van der Waals surface area contributed by atoms with Crippen LogP contribution in [-0.2, 0) is 8.85 Å². The first kappa shape index (κ1) is 20.1. The standard InChI is InChI=1S/C16H36O2Si2/c1-9-20(10-2,11-3)18-15-13-12-14-17-19(7,8)16(4,5)6/h12-13H,9-11,14-15H2,1-8H3/b13-12+. The van der Waals surface area contributed by atoms with Gasteiger partial charge in [0.15, 0.2) is 16.6 Å². The van der Waals surface area contributed by atoms with E-state index in [0.29, 0.717) is 0 Å². The van der Waals surface area contributed by atoms with Crippen LogP contribution in [0.1, 0.15) is 41.5 Å². The van der Waals surface area contributed by atoms with Crippen LogP contribution in [0.2, 0.25) is 36.3 Å². The van der Waals surface area contributed by atoms with E-state index < -0.39 is 16.6 Å². The molecule has 0 unspecified atom stereocenters. The van der Waals surface area contributed by atoms with Crippen molar-refractivity contribution in [1.82, 2.24) is 0 Å². The topological polar surface area (TPSA) is 18.5 Å². The Morgan fingerprint density at radius 1 is 0.800 bits per heavy atom. The van der Waals surface area contributed by atoms with E-state index >= 15 is 0 Å². The average Bonchev–Trinajstić information content (AvgIpc) is 2.37. The molecule has 0 aromatic carbocycles. The van der Waals surface area contributed by atoms with Crippen LogP contribution in [0.3, 0.4) is 0 Å².